The van der Waals surface area contributed by atoms with Gasteiger partial charge in [0, 0.05) is 23.6 Å². The van der Waals surface area contributed by atoms with Gasteiger partial charge in [0.05, 0.1) is 34.7 Å². The molecule has 2 heterocycles. The summed E-state index contributed by atoms with van der Waals surface area (Å²) in [4.78, 5) is 30.4. The molecule has 1 aliphatic rings. The topological polar surface area (TPSA) is 96.7 Å². The second-order valence-corrected chi connectivity index (χ2v) is 11.1. The maximum Gasteiger partial charge on any atom is 0.309 e. The van der Waals surface area contributed by atoms with Gasteiger partial charge in [0.1, 0.15) is 11.9 Å². The highest BCUT2D eigenvalue weighted by atomic mass is 32.1. The van der Waals surface area contributed by atoms with E-state index in [1.165, 1.54) is 0 Å². The van der Waals surface area contributed by atoms with Crippen molar-refractivity contribution in [2.45, 2.75) is 86.0 Å². The number of hydrogen-bond donors (Lipinski definition) is 2. The molecule has 5 atom stereocenters. The van der Waals surface area contributed by atoms with Crippen LogP contribution < -0.4 is 0 Å². The summed E-state index contributed by atoms with van der Waals surface area (Å²) in [5.41, 5.74) is 1.57. The molecule has 7 heteroatoms. The normalized spacial score (nSPS) is 30.1. The molecule has 0 saturated carbocycles. The third kappa shape index (κ3) is 7.45. The summed E-state index contributed by atoms with van der Waals surface area (Å²) in [6.07, 6.45) is 6.13. The molecule has 0 bridgehead atoms. The Labute approximate surface area is 207 Å². The van der Waals surface area contributed by atoms with E-state index in [1.807, 2.05) is 57.4 Å². The Kier molecular flexibility index (Phi) is 9.97. The zero-order chi connectivity index (χ0) is 25.6. The van der Waals surface area contributed by atoms with Gasteiger partial charge in [-0.25, -0.2) is 4.98 Å². The number of ether oxygens (including phenoxy) is 1. The second kappa shape index (κ2) is 12.0. The zero-order valence-corrected chi connectivity index (χ0v) is 22.2. The number of allylic oxidation sites excluding steroid dienone is 2. The van der Waals surface area contributed by atoms with Crippen molar-refractivity contribution in [2.75, 3.05) is 0 Å². The number of thiazole rings is 1. The van der Waals surface area contributed by atoms with Crippen LogP contribution in [0.5, 0.6) is 0 Å². The molecule has 188 valence electrons. The largest absolute Gasteiger partial charge is 0.457 e. The molecule has 0 amide bonds. The van der Waals surface area contributed by atoms with Crippen LogP contribution in [0, 0.1) is 24.2 Å². The van der Waals surface area contributed by atoms with Crippen molar-refractivity contribution in [3.8, 4) is 0 Å². The molecule has 0 aromatic carbocycles. The monoisotopic (exact) mass is 489 g/mol. The van der Waals surface area contributed by atoms with Crippen LogP contribution in [-0.2, 0) is 14.3 Å². The number of aliphatic hydroxyl groups excluding tert-OH is 2. The summed E-state index contributed by atoms with van der Waals surface area (Å²) in [5.74, 6) is -1.77. The van der Waals surface area contributed by atoms with E-state index in [9.17, 15) is 19.8 Å². The molecule has 6 nitrogen and oxygen atoms in total. The number of Topliss-reactive ketones (excluding diaryl/α,β-unsaturated/α-hetero) is 1. The van der Waals surface area contributed by atoms with E-state index < -0.39 is 35.6 Å². The van der Waals surface area contributed by atoms with Gasteiger partial charge in [-0.1, -0.05) is 51.5 Å². The lowest BCUT2D eigenvalue weighted by Crippen LogP contribution is -2.45. The Balaban J connectivity index is 2.37. The minimum absolute atomic E-state index is 0.225. The van der Waals surface area contributed by atoms with Crippen molar-refractivity contribution < 1.29 is 24.5 Å². The van der Waals surface area contributed by atoms with Crippen LogP contribution in [0.25, 0.3) is 6.08 Å². The van der Waals surface area contributed by atoms with Crippen LogP contribution in [0.15, 0.2) is 34.8 Å². The van der Waals surface area contributed by atoms with Crippen LogP contribution >= 0.6 is 11.3 Å². The summed E-state index contributed by atoms with van der Waals surface area (Å²) < 4.78 is 5.79. The van der Waals surface area contributed by atoms with Crippen LogP contribution in [0.4, 0.5) is 0 Å². The molecular formula is C27H39NO5S. The van der Waals surface area contributed by atoms with Crippen LogP contribution in [0.2, 0.25) is 0 Å². The predicted molar refractivity (Wildman–Crippen MR) is 136 cm³/mol. The van der Waals surface area contributed by atoms with E-state index in [1.54, 1.807) is 32.1 Å². The third-order valence-corrected chi connectivity index (χ3v) is 7.44. The van der Waals surface area contributed by atoms with E-state index in [2.05, 4.69) is 4.98 Å². The number of aryl methyl sites for hydroxylation is 1. The van der Waals surface area contributed by atoms with Gasteiger partial charge in [-0.3, -0.25) is 9.59 Å². The number of esters is 1. The first kappa shape index (κ1) is 28.1. The minimum Gasteiger partial charge on any atom is -0.457 e. The van der Waals surface area contributed by atoms with Crippen molar-refractivity contribution in [3.63, 3.8) is 0 Å². The maximum atomic E-state index is 13.1. The summed E-state index contributed by atoms with van der Waals surface area (Å²) in [5, 5.41) is 24.4. The van der Waals surface area contributed by atoms with Crippen molar-refractivity contribution in [1.82, 2.24) is 4.98 Å². The number of rotatable bonds is 2. The molecule has 0 radical (unpaired) electrons. The molecule has 1 aromatic heterocycles. The number of hydrogen-bond acceptors (Lipinski definition) is 7. The maximum absolute atomic E-state index is 13.1. The molecule has 0 unspecified atom stereocenters. The SMILES string of the molecule is CC1=CC[C@@H](/C(C)=C/c2csc(C)n2)OC(=O)C[C@H](O)C(C)(C)C(=O)[C@H](C)[C@@H](O)[C@@H](C)C=CC1. The van der Waals surface area contributed by atoms with Gasteiger partial charge in [0.15, 0.2) is 0 Å². The Morgan fingerprint density at radius 2 is 1.91 bits per heavy atom. The molecule has 1 aromatic rings. The highest BCUT2D eigenvalue weighted by Gasteiger charge is 2.42. The number of cyclic esters (lactones) is 1. The Morgan fingerprint density at radius 3 is 2.53 bits per heavy atom. The molecule has 1 aliphatic heterocycles. The van der Waals surface area contributed by atoms with Crippen molar-refractivity contribution >= 4 is 29.2 Å². The van der Waals surface area contributed by atoms with Gasteiger partial charge in [-0.05, 0) is 38.8 Å². The first-order chi connectivity index (χ1) is 15.8. The number of carbonyl (C=O) groups is 2. The Hall–Kier alpha value is -2.09. The van der Waals surface area contributed by atoms with Crippen molar-refractivity contribution in [1.29, 1.82) is 0 Å². The van der Waals surface area contributed by atoms with Crippen molar-refractivity contribution in [3.05, 3.63) is 45.5 Å². The van der Waals surface area contributed by atoms with Gasteiger partial charge < -0.3 is 14.9 Å². The molecule has 0 aliphatic carbocycles. The molecule has 0 saturated heterocycles. The number of aliphatic hydroxyl groups is 2. The lowest BCUT2D eigenvalue weighted by atomic mass is 9.73. The first-order valence-electron chi connectivity index (χ1n) is 11.9. The predicted octanol–water partition coefficient (Wildman–Crippen LogP) is 5.04. The molecule has 2 rings (SSSR count). The van der Waals surface area contributed by atoms with Crippen LogP contribution in [-0.4, -0.2) is 45.3 Å². The number of nitrogens with zero attached hydrogens (tertiary/aromatic N) is 1. The number of ketones is 1. The van der Waals surface area contributed by atoms with E-state index in [0.717, 1.165) is 21.8 Å². The lowest BCUT2D eigenvalue weighted by Gasteiger charge is -2.34. The summed E-state index contributed by atoms with van der Waals surface area (Å²) >= 11 is 1.56. The van der Waals surface area contributed by atoms with Gasteiger partial charge in [-0.2, -0.15) is 0 Å². The number of carbonyl (C=O) groups excluding carboxylic acids is 2. The molecule has 34 heavy (non-hydrogen) atoms. The second-order valence-electron chi connectivity index (χ2n) is 10.0. The standard InChI is InChI=1S/C27H39NO5S/c1-16-9-8-10-17(2)25(31)19(4)26(32)27(6,7)23(29)14-24(30)33-22(12-11-16)18(3)13-21-15-34-20(5)28-21/h8,10-11,13,15,17,19,22-23,25,29,31H,9,12,14H2,1-7H3/b10-8?,16-11?,18-13+/t17-,19+,22-,23-,25-/m0/s1. The van der Waals surface area contributed by atoms with Gasteiger partial charge in [0.25, 0.3) is 0 Å². The molecule has 2 N–H and O–H groups in total. The quantitative estimate of drug-likeness (QED) is 0.446. The lowest BCUT2D eigenvalue weighted by molar-refractivity contribution is -0.154. The smallest absolute Gasteiger partial charge is 0.309 e. The third-order valence-electron chi connectivity index (χ3n) is 6.65. The van der Waals surface area contributed by atoms with Crippen molar-refractivity contribution in [2.24, 2.45) is 17.3 Å². The van der Waals surface area contributed by atoms with Crippen LogP contribution in [0.3, 0.4) is 0 Å². The van der Waals surface area contributed by atoms with Gasteiger partial charge in [0.2, 0.25) is 0 Å². The van der Waals surface area contributed by atoms with E-state index in [4.69, 9.17) is 4.74 Å². The van der Waals surface area contributed by atoms with E-state index in [-0.39, 0.29) is 18.1 Å². The average Bonchev–Trinajstić information content (AvgIpc) is 3.18. The van der Waals surface area contributed by atoms with E-state index >= 15 is 0 Å². The fourth-order valence-electron chi connectivity index (χ4n) is 4.05. The highest BCUT2D eigenvalue weighted by Crippen LogP contribution is 2.31. The van der Waals surface area contributed by atoms with Crippen LogP contribution in [0.1, 0.15) is 71.5 Å². The molecule has 0 spiro atoms. The Morgan fingerprint density at radius 1 is 1.24 bits per heavy atom. The fourth-order valence-corrected chi connectivity index (χ4v) is 4.62. The molecule has 0 fully saturated rings. The molecular weight excluding hydrogens is 450 g/mol. The fraction of sp³-hybridized carbons (Fsp3) is 0.593. The zero-order valence-electron chi connectivity index (χ0n) is 21.4. The Bertz CT molecular complexity index is 958. The highest BCUT2D eigenvalue weighted by molar-refractivity contribution is 7.09. The number of aromatic nitrogens is 1. The minimum atomic E-state index is -1.23. The summed E-state index contributed by atoms with van der Waals surface area (Å²) in [6, 6.07) is 0. The first-order valence-corrected chi connectivity index (χ1v) is 12.7. The summed E-state index contributed by atoms with van der Waals surface area (Å²) in [7, 11) is 0. The summed E-state index contributed by atoms with van der Waals surface area (Å²) in [6.45, 7) is 12.6. The van der Waals surface area contributed by atoms with E-state index in [0.29, 0.717) is 12.8 Å². The van der Waals surface area contributed by atoms with Gasteiger partial charge in [-0.15, -0.1) is 11.3 Å². The average molecular weight is 490 g/mol. The van der Waals surface area contributed by atoms with Gasteiger partial charge >= 0.3 is 5.97 Å².